The molecule has 0 saturated carbocycles. The van der Waals surface area contributed by atoms with Crippen LogP contribution in [-0.2, 0) is 5.41 Å². The number of benzene rings is 8. The van der Waals surface area contributed by atoms with Crippen LogP contribution in [0.1, 0.15) is 25.0 Å². The average molecular weight is 640 g/mol. The van der Waals surface area contributed by atoms with Crippen LogP contribution in [0.3, 0.4) is 0 Å². The third-order valence-electron chi connectivity index (χ3n) is 10.5. The fourth-order valence-electron chi connectivity index (χ4n) is 7.92. The quantitative estimate of drug-likeness (QED) is 0.175. The van der Waals surface area contributed by atoms with E-state index in [1.54, 1.807) is 0 Å². The summed E-state index contributed by atoms with van der Waals surface area (Å²) < 4.78 is 0. The summed E-state index contributed by atoms with van der Waals surface area (Å²) in [5.41, 5.74) is 16.0. The summed E-state index contributed by atoms with van der Waals surface area (Å²) in [6.45, 7) is 4.72. The zero-order valence-corrected chi connectivity index (χ0v) is 28.3. The van der Waals surface area contributed by atoms with Crippen molar-refractivity contribution in [1.82, 2.24) is 0 Å². The van der Waals surface area contributed by atoms with Crippen LogP contribution in [0.2, 0.25) is 0 Å². The molecule has 238 valence electrons. The molecule has 0 N–H and O–H groups in total. The lowest BCUT2D eigenvalue weighted by molar-refractivity contribution is 0.660. The highest BCUT2D eigenvalue weighted by molar-refractivity contribution is 6.05. The van der Waals surface area contributed by atoms with Gasteiger partial charge in [-0.2, -0.15) is 0 Å². The second-order valence-corrected chi connectivity index (χ2v) is 13.8. The van der Waals surface area contributed by atoms with E-state index in [0.29, 0.717) is 0 Å². The summed E-state index contributed by atoms with van der Waals surface area (Å²) in [6, 6.07) is 68.6. The standard InChI is InChI=1S/C49H37N/c1-49(2)45-23-12-11-22-43(45)44-30-29-41(33-46(44)49)50(47-31-28-37-16-9-10-21-42(37)48(47)38-17-7-4-8-18-38)40-20-13-19-39(32-40)36-26-24-35(25-27-36)34-14-5-3-6-15-34/h3-33H,1-2H3. The second-order valence-electron chi connectivity index (χ2n) is 13.8. The number of rotatable bonds is 6. The molecule has 1 heteroatoms. The van der Waals surface area contributed by atoms with Gasteiger partial charge in [-0.05, 0) is 91.2 Å². The lowest BCUT2D eigenvalue weighted by Crippen LogP contribution is -2.17. The highest BCUT2D eigenvalue weighted by Gasteiger charge is 2.36. The van der Waals surface area contributed by atoms with Crippen molar-refractivity contribution >= 4 is 27.8 Å². The van der Waals surface area contributed by atoms with Gasteiger partial charge in [-0.3, -0.25) is 0 Å². The minimum Gasteiger partial charge on any atom is -0.310 e. The fraction of sp³-hybridized carbons (Fsp3) is 0.0612. The predicted molar refractivity (Wildman–Crippen MR) is 213 cm³/mol. The molecule has 0 aliphatic heterocycles. The Morgan fingerprint density at radius 3 is 1.74 bits per heavy atom. The summed E-state index contributed by atoms with van der Waals surface area (Å²) in [5.74, 6) is 0. The van der Waals surface area contributed by atoms with E-state index in [-0.39, 0.29) is 5.41 Å². The molecule has 0 unspecified atom stereocenters. The minimum absolute atomic E-state index is 0.110. The Balaban J connectivity index is 1.25. The summed E-state index contributed by atoms with van der Waals surface area (Å²) in [6.07, 6.45) is 0. The number of hydrogen-bond donors (Lipinski definition) is 0. The first kappa shape index (κ1) is 29.9. The van der Waals surface area contributed by atoms with Gasteiger partial charge in [-0.1, -0.05) is 172 Å². The Hall–Kier alpha value is -6.18. The number of fused-ring (bicyclic) bond motifs is 4. The molecular formula is C49H37N. The Morgan fingerprint density at radius 1 is 0.380 bits per heavy atom. The third-order valence-corrected chi connectivity index (χ3v) is 10.5. The molecule has 0 saturated heterocycles. The van der Waals surface area contributed by atoms with Crippen LogP contribution in [0.4, 0.5) is 17.1 Å². The topological polar surface area (TPSA) is 3.24 Å². The van der Waals surface area contributed by atoms with Crippen molar-refractivity contribution in [3.63, 3.8) is 0 Å². The van der Waals surface area contributed by atoms with E-state index in [1.807, 2.05) is 0 Å². The lowest BCUT2D eigenvalue weighted by Gasteiger charge is -2.30. The van der Waals surface area contributed by atoms with E-state index in [9.17, 15) is 0 Å². The summed E-state index contributed by atoms with van der Waals surface area (Å²) >= 11 is 0. The molecule has 1 nitrogen and oxygen atoms in total. The van der Waals surface area contributed by atoms with E-state index in [4.69, 9.17) is 0 Å². The van der Waals surface area contributed by atoms with Crippen molar-refractivity contribution in [3.05, 3.63) is 199 Å². The normalized spacial score (nSPS) is 12.8. The first-order valence-electron chi connectivity index (χ1n) is 17.4. The van der Waals surface area contributed by atoms with E-state index in [2.05, 4.69) is 207 Å². The van der Waals surface area contributed by atoms with E-state index < -0.39 is 0 Å². The largest absolute Gasteiger partial charge is 0.310 e. The van der Waals surface area contributed by atoms with Crippen molar-refractivity contribution in [2.75, 3.05) is 4.90 Å². The SMILES string of the molecule is CC1(C)c2ccccc2-c2ccc(N(c3cccc(-c4ccc(-c5ccccc5)cc4)c3)c3ccc4ccccc4c3-c3ccccc3)cc21. The van der Waals surface area contributed by atoms with Gasteiger partial charge in [0.2, 0.25) is 0 Å². The van der Waals surface area contributed by atoms with Gasteiger partial charge in [0, 0.05) is 22.4 Å². The third kappa shape index (κ3) is 5.02. The van der Waals surface area contributed by atoms with E-state index in [0.717, 1.165) is 17.1 Å². The van der Waals surface area contributed by atoms with Crippen LogP contribution in [0.25, 0.3) is 55.3 Å². The molecule has 0 atom stereocenters. The smallest absolute Gasteiger partial charge is 0.0546 e. The van der Waals surface area contributed by atoms with Crippen molar-refractivity contribution < 1.29 is 0 Å². The number of hydrogen-bond acceptors (Lipinski definition) is 1. The van der Waals surface area contributed by atoms with Crippen LogP contribution in [0.5, 0.6) is 0 Å². The highest BCUT2D eigenvalue weighted by atomic mass is 15.1. The lowest BCUT2D eigenvalue weighted by atomic mass is 9.82. The summed E-state index contributed by atoms with van der Waals surface area (Å²) in [5, 5.41) is 2.47. The van der Waals surface area contributed by atoms with Crippen LogP contribution in [0, 0.1) is 0 Å². The summed E-state index contributed by atoms with van der Waals surface area (Å²) in [7, 11) is 0. The molecule has 0 spiro atoms. The van der Waals surface area contributed by atoms with Crippen LogP contribution in [-0.4, -0.2) is 0 Å². The maximum absolute atomic E-state index is 2.47. The molecule has 1 aliphatic carbocycles. The van der Waals surface area contributed by atoms with Gasteiger partial charge in [0.05, 0.1) is 5.69 Å². The number of nitrogens with zero attached hydrogens (tertiary/aromatic N) is 1. The molecule has 0 radical (unpaired) electrons. The number of anilines is 3. The van der Waals surface area contributed by atoms with Gasteiger partial charge in [-0.25, -0.2) is 0 Å². The molecule has 0 amide bonds. The molecule has 9 rings (SSSR count). The van der Waals surface area contributed by atoms with Crippen molar-refractivity contribution in [2.24, 2.45) is 0 Å². The first-order valence-corrected chi connectivity index (χ1v) is 17.4. The first-order chi connectivity index (χ1) is 24.6. The maximum atomic E-state index is 2.47. The zero-order valence-electron chi connectivity index (χ0n) is 28.3. The average Bonchev–Trinajstić information content (AvgIpc) is 3.41. The zero-order chi connectivity index (χ0) is 33.7. The van der Waals surface area contributed by atoms with Gasteiger partial charge in [-0.15, -0.1) is 0 Å². The molecule has 0 aromatic heterocycles. The van der Waals surface area contributed by atoms with E-state index >= 15 is 0 Å². The van der Waals surface area contributed by atoms with Crippen molar-refractivity contribution in [1.29, 1.82) is 0 Å². The molecule has 1 aliphatic rings. The van der Waals surface area contributed by atoms with Crippen LogP contribution < -0.4 is 4.90 Å². The van der Waals surface area contributed by atoms with Crippen molar-refractivity contribution in [2.45, 2.75) is 19.3 Å². The van der Waals surface area contributed by atoms with Crippen molar-refractivity contribution in [3.8, 4) is 44.5 Å². The van der Waals surface area contributed by atoms with Gasteiger partial charge in [0.25, 0.3) is 0 Å². The van der Waals surface area contributed by atoms with Crippen LogP contribution in [0.15, 0.2) is 188 Å². The molecule has 0 bridgehead atoms. The molecule has 8 aromatic carbocycles. The van der Waals surface area contributed by atoms with Gasteiger partial charge < -0.3 is 4.90 Å². The molecule has 0 fully saturated rings. The molecule has 0 heterocycles. The Kier molecular flexibility index (Phi) is 7.21. The minimum atomic E-state index is -0.110. The molecule has 50 heavy (non-hydrogen) atoms. The molecular weight excluding hydrogens is 603 g/mol. The predicted octanol–water partition coefficient (Wildman–Crippen LogP) is 13.6. The van der Waals surface area contributed by atoms with E-state index in [1.165, 1.54) is 66.4 Å². The Morgan fingerprint density at radius 2 is 0.960 bits per heavy atom. The Labute approximate surface area is 294 Å². The maximum Gasteiger partial charge on any atom is 0.0546 e. The van der Waals surface area contributed by atoms with Gasteiger partial charge in [0.15, 0.2) is 0 Å². The van der Waals surface area contributed by atoms with Gasteiger partial charge in [0.1, 0.15) is 0 Å². The van der Waals surface area contributed by atoms with Crippen LogP contribution >= 0.6 is 0 Å². The highest BCUT2D eigenvalue weighted by Crippen LogP contribution is 2.52. The molecule has 8 aromatic rings. The summed E-state index contributed by atoms with van der Waals surface area (Å²) in [4.78, 5) is 2.47. The monoisotopic (exact) mass is 639 g/mol. The fourth-order valence-corrected chi connectivity index (χ4v) is 7.92. The van der Waals surface area contributed by atoms with Gasteiger partial charge >= 0.3 is 0 Å². The second kappa shape index (κ2) is 12.1. The Bertz CT molecular complexity index is 2490.